The molecule has 2 N–H and O–H groups in total. The second kappa shape index (κ2) is 10.9. The lowest BCUT2D eigenvalue weighted by atomic mass is 10.2. The van der Waals surface area contributed by atoms with Crippen LogP contribution in [0.5, 0.6) is 5.75 Å². The first-order chi connectivity index (χ1) is 13.3. The average Bonchev–Trinajstić information content (AvgIpc) is 3.35. The van der Waals surface area contributed by atoms with E-state index in [1.165, 1.54) is 42.8 Å². The molecule has 0 aliphatic carbocycles. The van der Waals surface area contributed by atoms with E-state index in [1.54, 1.807) is 0 Å². The van der Waals surface area contributed by atoms with Crippen LogP contribution in [0.2, 0.25) is 0 Å². The molecule has 146 valence electrons. The second-order valence-corrected chi connectivity index (χ2v) is 7.61. The molecule has 0 atom stereocenters. The maximum absolute atomic E-state index is 5.84. The van der Waals surface area contributed by atoms with Gasteiger partial charge in [-0.05, 0) is 56.1 Å². The molecule has 1 fully saturated rings. The van der Waals surface area contributed by atoms with E-state index in [0.717, 1.165) is 35.5 Å². The highest BCUT2D eigenvalue weighted by atomic mass is 32.1. The molecule has 1 aliphatic rings. The maximum atomic E-state index is 5.84. The number of rotatable bonds is 11. The van der Waals surface area contributed by atoms with Crippen molar-refractivity contribution >= 4 is 21.6 Å². The third-order valence-corrected chi connectivity index (χ3v) is 5.18. The van der Waals surface area contributed by atoms with Crippen molar-refractivity contribution in [3.63, 3.8) is 0 Å². The summed E-state index contributed by atoms with van der Waals surface area (Å²) in [6.45, 7) is 7.77. The van der Waals surface area contributed by atoms with Crippen LogP contribution in [-0.4, -0.2) is 47.9 Å². The van der Waals surface area contributed by atoms with Gasteiger partial charge in [0.1, 0.15) is 12.4 Å². The zero-order chi connectivity index (χ0) is 18.7. The van der Waals surface area contributed by atoms with E-state index in [-0.39, 0.29) is 0 Å². The third-order valence-electron chi connectivity index (χ3n) is 4.34. The summed E-state index contributed by atoms with van der Waals surface area (Å²) in [6, 6.07) is 8.42. The summed E-state index contributed by atoms with van der Waals surface area (Å²) >= 11 is 1.53. The van der Waals surface area contributed by atoms with Crippen LogP contribution in [0.3, 0.4) is 0 Å². The van der Waals surface area contributed by atoms with Gasteiger partial charge in [0.25, 0.3) is 0 Å². The minimum absolute atomic E-state index is 0.564. The fourth-order valence-electron chi connectivity index (χ4n) is 2.97. The molecule has 0 radical (unpaired) electrons. The van der Waals surface area contributed by atoms with E-state index in [1.807, 2.05) is 12.1 Å². The predicted molar refractivity (Wildman–Crippen MR) is 113 cm³/mol. The molecule has 0 saturated carbocycles. The van der Waals surface area contributed by atoms with Gasteiger partial charge in [-0.3, -0.25) is 4.90 Å². The number of aromatic nitrogens is 2. The molecule has 0 bridgehead atoms. The number of benzene rings is 1. The standard InChI is InChI=1S/C20H29N5OS/c1-2-10-21-19-23-24-20(27-19)22-11-3-6-14-26-18-9-7-8-17(15-18)16-25-12-4-5-13-25/h3,6-9,15H,2,4-5,10-14,16H2,1H3,(H,21,23)(H,22,24). The van der Waals surface area contributed by atoms with Gasteiger partial charge in [0.05, 0.1) is 0 Å². The fourth-order valence-corrected chi connectivity index (χ4v) is 3.65. The first-order valence-electron chi connectivity index (χ1n) is 9.74. The molecule has 1 aromatic carbocycles. The molecule has 2 heterocycles. The van der Waals surface area contributed by atoms with E-state index < -0.39 is 0 Å². The van der Waals surface area contributed by atoms with Gasteiger partial charge in [-0.25, -0.2) is 0 Å². The zero-order valence-electron chi connectivity index (χ0n) is 16.0. The number of nitrogens with one attached hydrogen (secondary N) is 2. The second-order valence-electron chi connectivity index (χ2n) is 6.63. The first-order valence-corrected chi connectivity index (χ1v) is 10.6. The normalized spacial score (nSPS) is 14.7. The minimum Gasteiger partial charge on any atom is -0.490 e. The number of anilines is 2. The van der Waals surface area contributed by atoms with Crippen LogP contribution in [0.1, 0.15) is 31.7 Å². The van der Waals surface area contributed by atoms with Crippen LogP contribution in [0.4, 0.5) is 10.3 Å². The van der Waals surface area contributed by atoms with Crippen molar-refractivity contribution in [3.8, 4) is 5.75 Å². The quantitative estimate of drug-likeness (QED) is 0.568. The smallest absolute Gasteiger partial charge is 0.207 e. The molecule has 3 rings (SSSR count). The number of hydrogen-bond donors (Lipinski definition) is 2. The number of likely N-dealkylation sites (tertiary alicyclic amines) is 1. The van der Waals surface area contributed by atoms with Crippen molar-refractivity contribution in [2.75, 3.05) is 43.4 Å². The Morgan fingerprint density at radius 2 is 1.96 bits per heavy atom. The topological polar surface area (TPSA) is 62.3 Å². The summed E-state index contributed by atoms with van der Waals surface area (Å²) in [5.74, 6) is 0.931. The van der Waals surface area contributed by atoms with E-state index in [2.05, 4.69) is 56.9 Å². The highest BCUT2D eigenvalue weighted by molar-refractivity contribution is 7.19. The van der Waals surface area contributed by atoms with Crippen LogP contribution in [-0.2, 0) is 6.54 Å². The van der Waals surface area contributed by atoms with Gasteiger partial charge < -0.3 is 15.4 Å². The van der Waals surface area contributed by atoms with Crippen LogP contribution in [0, 0.1) is 0 Å². The van der Waals surface area contributed by atoms with E-state index in [9.17, 15) is 0 Å². The summed E-state index contributed by atoms with van der Waals surface area (Å²) in [7, 11) is 0. The number of hydrogen-bond acceptors (Lipinski definition) is 7. The minimum atomic E-state index is 0.564. The number of nitrogens with zero attached hydrogens (tertiary/aromatic N) is 3. The molecule has 7 heteroatoms. The molecule has 2 aromatic rings. The van der Waals surface area contributed by atoms with Crippen LogP contribution >= 0.6 is 11.3 Å². The van der Waals surface area contributed by atoms with Crippen LogP contribution in [0.15, 0.2) is 36.4 Å². The lowest BCUT2D eigenvalue weighted by Crippen LogP contribution is -2.18. The first kappa shape index (κ1) is 19.6. The summed E-state index contributed by atoms with van der Waals surface area (Å²) in [5.41, 5.74) is 1.32. The van der Waals surface area contributed by atoms with Crippen molar-refractivity contribution in [1.82, 2.24) is 15.1 Å². The Morgan fingerprint density at radius 1 is 1.15 bits per heavy atom. The monoisotopic (exact) mass is 387 g/mol. The van der Waals surface area contributed by atoms with Crippen molar-refractivity contribution in [2.24, 2.45) is 0 Å². The molecule has 0 unspecified atom stereocenters. The van der Waals surface area contributed by atoms with Crippen LogP contribution < -0.4 is 15.4 Å². The average molecular weight is 388 g/mol. The Balaban J connectivity index is 1.35. The highest BCUT2D eigenvalue weighted by Gasteiger charge is 2.11. The van der Waals surface area contributed by atoms with Gasteiger partial charge in [0.2, 0.25) is 10.3 Å². The van der Waals surface area contributed by atoms with Gasteiger partial charge in [-0.15, -0.1) is 10.2 Å². The van der Waals surface area contributed by atoms with E-state index in [4.69, 9.17) is 4.74 Å². The van der Waals surface area contributed by atoms with E-state index in [0.29, 0.717) is 13.2 Å². The Kier molecular flexibility index (Phi) is 7.92. The predicted octanol–water partition coefficient (Wildman–Crippen LogP) is 4.00. The highest BCUT2D eigenvalue weighted by Crippen LogP contribution is 2.19. The lowest BCUT2D eigenvalue weighted by Gasteiger charge is -2.15. The lowest BCUT2D eigenvalue weighted by molar-refractivity contribution is 0.328. The maximum Gasteiger partial charge on any atom is 0.207 e. The van der Waals surface area contributed by atoms with Gasteiger partial charge in [-0.1, -0.05) is 36.5 Å². The van der Waals surface area contributed by atoms with Crippen molar-refractivity contribution in [3.05, 3.63) is 42.0 Å². The Bertz CT molecular complexity index is 712. The zero-order valence-corrected chi connectivity index (χ0v) is 16.8. The van der Waals surface area contributed by atoms with Gasteiger partial charge in [0, 0.05) is 19.6 Å². The summed E-state index contributed by atoms with van der Waals surface area (Å²) in [5, 5.41) is 16.4. The molecule has 0 amide bonds. The summed E-state index contributed by atoms with van der Waals surface area (Å²) in [4.78, 5) is 2.50. The van der Waals surface area contributed by atoms with Crippen LogP contribution in [0.25, 0.3) is 0 Å². The Labute approximate surface area is 165 Å². The molecular weight excluding hydrogens is 358 g/mol. The van der Waals surface area contributed by atoms with Gasteiger partial charge in [0.15, 0.2) is 0 Å². The summed E-state index contributed by atoms with van der Waals surface area (Å²) in [6.07, 6.45) is 7.80. The Hall–Kier alpha value is -2.12. The largest absolute Gasteiger partial charge is 0.490 e. The molecule has 0 spiro atoms. The van der Waals surface area contributed by atoms with Gasteiger partial charge in [-0.2, -0.15) is 0 Å². The Morgan fingerprint density at radius 3 is 2.78 bits per heavy atom. The molecule has 1 aliphatic heterocycles. The van der Waals surface area contributed by atoms with Crippen molar-refractivity contribution < 1.29 is 4.74 Å². The molecule has 1 aromatic heterocycles. The molecule has 27 heavy (non-hydrogen) atoms. The SMILES string of the molecule is CCCNc1nnc(NCC=CCOc2cccc(CN3CCCC3)c2)s1. The van der Waals surface area contributed by atoms with E-state index >= 15 is 0 Å². The van der Waals surface area contributed by atoms with Gasteiger partial charge >= 0.3 is 0 Å². The number of ether oxygens (including phenoxy) is 1. The molecule has 6 nitrogen and oxygen atoms in total. The van der Waals surface area contributed by atoms with Crippen molar-refractivity contribution in [2.45, 2.75) is 32.7 Å². The molecule has 1 saturated heterocycles. The fraction of sp³-hybridized carbons (Fsp3) is 0.500. The third kappa shape index (κ3) is 6.84. The van der Waals surface area contributed by atoms with Crippen molar-refractivity contribution in [1.29, 1.82) is 0 Å². The molecular formula is C20H29N5OS. The summed E-state index contributed by atoms with van der Waals surface area (Å²) < 4.78 is 5.84.